The molecule has 3 aromatic rings. The molecule has 0 saturated heterocycles. The van der Waals surface area contributed by atoms with E-state index in [0.717, 1.165) is 5.56 Å². The van der Waals surface area contributed by atoms with Gasteiger partial charge in [-0.25, -0.2) is 13.4 Å². The molecule has 0 unspecified atom stereocenters. The number of hydrogen-bond acceptors (Lipinski definition) is 3. The van der Waals surface area contributed by atoms with Crippen LogP contribution < -0.4 is 0 Å². The first-order valence-electron chi connectivity index (χ1n) is 6.24. The molecule has 1 aromatic carbocycles. The van der Waals surface area contributed by atoms with Crippen molar-refractivity contribution in [2.45, 2.75) is 23.6 Å². The van der Waals surface area contributed by atoms with Gasteiger partial charge in [0.05, 0.1) is 9.79 Å². The van der Waals surface area contributed by atoms with Crippen molar-refractivity contribution >= 4 is 20.9 Å². The van der Waals surface area contributed by atoms with Crippen molar-refractivity contribution in [1.29, 1.82) is 0 Å². The van der Waals surface area contributed by atoms with Gasteiger partial charge in [0.25, 0.3) is 0 Å². The van der Waals surface area contributed by atoms with E-state index in [4.69, 9.17) is 0 Å². The van der Waals surface area contributed by atoms with Gasteiger partial charge in [-0.15, -0.1) is 0 Å². The number of benzene rings is 1. The molecule has 4 nitrogen and oxygen atoms in total. The minimum atomic E-state index is -3.54. The van der Waals surface area contributed by atoms with E-state index in [1.54, 1.807) is 49.6 Å². The number of hydrogen-bond donors (Lipinski definition) is 1. The van der Waals surface area contributed by atoms with Crippen LogP contribution in [0, 0.1) is 13.8 Å². The molecule has 0 spiro atoms. The zero-order valence-electron chi connectivity index (χ0n) is 11.2. The zero-order chi connectivity index (χ0) is 14.3. The van der Waals surface area contributed by atoms with E-state index in [-0.39, 0.29) is 0 Å². The number of nitrogens with zero attached hydrogens (tertiary/aromatic N) is 1. The van der Waals surface area contributed by atoms with Crippen LogP contribution >= 0.6 is 0 Å². The topological polar surface area (TPSA) is 62.8 Å². The molecule has 0 fully saturated rings. The Morgan fingerprint density at radius 3 is 2.45 bits per heavy atom. The molecule has 20 heavy (non-hydrogen) atoms. The Balaban J connectivity index is 2.31. The summed E-state index contributed by atoms with van der Waals surface area (Å²) in [7, 11) is -3.54. The van der Waals surface area contributed by atoms with Gasteiger partial charge in [-0.3, -0.25) is 0 Å². The lowest BCUT2D eigenvalue weighted by molar-refractivity contribution is 0.596. The number of pyridine rings is 1. The average Bonchev–Trinajstić information content (AvgIpc) is 2.86. The molecule has 0 aliphatic rings. The van der Waals surface area contributed by atoms with Crippen molar-refractivity contribution in [2.75, 3.05) is 0 Å². The maximum absolute atomic E-state index is 12.8. The second-order valence-electron chi connectivity index (χ2n) is 4.83. The van der Waals surface area contributed by atoms with Crippen LogP contribution in [0.4, 0.5) is 0 Å². The summed E-state index contributed by atoms with van der Waals surface area (Å²) in [5.74, 6) is 0. The van der Waals surface area contributed by atoms with E-state index >= 15 is 0 Å². The van der Waals surface area contributed by atoms with Gasteiger partial charge in [-0.1, -0.05) is 17.7 Å². The van der Waals surface area contributed by atoms with Gasteiger partial charge in [0.15, 0.2) is 0 Å². The molecule has 0 bridgehead atoms. The molecule has 0 atom stereocenters. The molecule has 0 saturated carbocycles. The molecule has 1 N–H and O–H groups in total. The molecule has 3 rings (SSSR count). The molecule has 0 amide bonds. The number of rotatable bonds is 2. The van der Waals surface area contributed by atoms with Gasteiger partial charge >= 0.3 is 0 Å². The van der Waals surface area contributed by atoms with Crippen LogP contribution in [0.15, 0.2) is 52.5 Å². The quantitative estimate of drug-likeness (QED) is 0.787. The highest BCUT2D eigenvalue weighted by Gasteiger charge is 2.23. The van der Waals surface area contributed by atoms with Gasteiger partial charge in [-0.05, 0) is 37.6 Å². The second-order valence-corrected chi connectivity index (χ2v) is 6.71. The third kappa shape index (κ3) is 1.91. The van der Waals surface area contributed by atoms with E-state index in [1.165, 1.54) is 0 Å². The van der Waals surface area contributed by atoms with E-state index in [2.05, 4.69) is 9.97 Å². The summed E-state index contributed by atoms with van der Waals surface area (Å²) in [5, 5.41) is 0.630. The van der Waals surface area contributed by atoms with Gasteiger partial charge in [0.2, 0.25) is 9.84 Å². The summed E-state index contributed by atoms with van der Waals surface area (Å²) >= 11 is 0. The molecule has 5 heteroatoms. The number of H-pyrrole nitrogens is 1. The van der Waals surface area contributed by atoms with Crippen LogP contribution in [0.5, 0.6) is 0 Å². The molecule has 2 aromatic heterocycles. The minimum Gasteiger partial charge on any atom is -0.346 e. The number of aromatic nitrogens is 2. The van der Waals surface area contributed by atoms with E-state index in [0.29, 0.717) is 26.4 Å². The SMILES string of the molecule is Cc1ccc(S(=O)(=O)c2c(C)cnc3[nH]ccc23)cc1. The van der Waals surface area contributed by atoms with Crippen molar-refractivity contribution in [3.05, 3.63) is 53.9 Å². The third-order valence-electron chi connectivity index (χ3n) is 3.32. The van der Waals surface area contributed by atoms with Crippen molar-refractivity contribution in [3.63, 3.8) is 0 Å². The summed E-state index contributed by atoms with van der Waals surface area (Å²) in [6.45, 7) is 3.69. The minimum absolute atomic E-state index is 0.305. The van der Waals surface area contributed by atoms with Gasteiger partial charge in [0.1, 0.15) is 5.65 Å². The number of aromatic amines is 1. The highest BCUT2D eigenvalue weighted by molar-refractivity contribution is 7.91. The van der Waals surface area contributed by atoms with E-state index in [1.807, 2.05) is 6.92 Å². The molecule has 102 valence electrons. The van der Waals surface area contributed by atoms with Crippen LogP contribution in [0.1, 0.15) is 11.1 Å². The summed E-state index contributed by atoms with van der Waals surface area (Å²) in [5.41, 5.74) is 2.26. The third-order valence-corrected chi connectivity index (χ3v) is 5.29. The number of fused-ring (bicyclic) bond motifs is 1. The van der Waals surface area contributed by atoms with E-state index < -0.39 is 9.84 Å². The van der Waals surface area contributed by atoms with Gasteiger partial charge in [0, 0.05) is 17.8 Å². The maximum atomic E-state index is 12.8. The molecule has 2 heterocycles. The van der Waals surface area contributed by atoms with Crippen LogP contribution in [0.25, 0.3) is 11.0 Å². The Morgan fingerprint density at radius 1 is 1.05 bits per heavy atom. The fourth-order valence-electron chi connectivity index (χ4n) is 2.28. The monoisotopic (exact) mass is 286 g/mol. The summed E-state index contributed by atoms with van der Waals surface area (Å²) in [4.78, 5) is 7.78. The Bertz CT molecular complexity index is 878. The summed E-state index contributed by atoms with van der Waals surface area (Å²) < 4.78 is 25.7. The fourth-order valence-corrected chi connectivity index (χ4v) is 3.94. The van der Waals surface area contributed by atoms with E-state index in [9.17, 15) is 8.42 Å². The average molecular weight is 286 g/mol. The Labute approximate surface area is 117 Å². The highest BCUT2D eigenvalue weighted by Crippen LogP contribution is 2.29. The zero-order valence-corrected chi connectivity index (χ0v) is 12.0. The summed E-state index contributed by atoms with van der Waals surface area (Å²) in [6, 6.07) is 8.64. The lowest BCUT2D eigenvalue weighted by Gasteiger charge is -2.09. The fraction of sp³-hybridized carbons (Fsp3) is 0.133. The molecule has 0 radical (unpaired) electrons. The smallest absolute Gasteiger partial charge is 0.207 e. The Morgan fingerprint density at radius 2 is 1.75 bits per heavy atom. The highest BCUT2D eigenvalue weighted by atomic mass is 32.2. The molecular formula is C15H14N2O2S. The van der Waals surface area contributed by atoms with Gasteiger partial charge in [-0.2, -0.15) is 0 Å². The molecule has 0 aliphatic heterocycles. The maximum Gasteiger partial charge on any atom is 0.207 e. The van der Waals surface area contributed by atoms with Crippen LogP contribution in [0.3, 0.4) is 0 Å². The predicted octanol–water partition coefficient (Wildman–Crippen LogP) is 3.01. The van der Waals surface area contributed by atoms with Crippen LogP contribution in [0.2, 0.25) is 0 Å². The lowest BCUT2D eigenvalue weighted by Crippen LogP contribution is -2.05. The largest absolute Gasteiger partial charge is 0.346 e. The Hall–Kier alpha value is -2.14. The molecular weight excluding hydrogens is 272 g/mol. The molecule has 0 aliphatic carbocycles. The standard InChI is InChI=1S/C15H14N2O2S/c1-10-3-5-12(6-4-10)20(18,19)14-11(2)9-17-15-13(14)7-8-16-15/h3-9H,1-2H3,(H,16,17). The van der Waals surface area contributed by atoms with Crippen LogP contribution in [-0.4, -0.2) is 18.4 Å². The number of aryl methyl sites for hydroxylation is 2. The first kappa shape index (κ1) is 12.9. The number of sulfone groups is 1. The summed E-state index contributed by atoms with van der Waals surface area (Å²) in [6.07, 6.45) is 3.28. The van der Waals surface area contributed by atoms with Gasteiger partial charge < -0.3 is 4.98 Å². The predicted molar refractivity (Wildman–Crippen MR) is 77.5 cm³/mol. The normalized spacial score (nSPS) is 11.9. The van der Waals surface area contributed by atoms with Crippen molar-refractivity contribution < 1.29 is 8.42 Å². The lowest BCUT2D eigenvalue weighted by atomic mass is 10.2. The van der Waals surface area contributed by atoms with Crippen molar-refractivity contribution in [1.82, 2.24) is 9.97 Å². The van der Waals surface area contributed by atoms with Crippen molar-refractivity contribution in [2.24, 2.45) is 0 Å². The second kappa shape index (κ2) is 4.45. The first-order valence-corrected chi connectivity index (χ1v) is 7.73. The Kier molecular flexibility index (Phi) is 2.87. The number of nitrogens with one attached hydrogen (secondary N) is 1. The van der Waals surface area contributed by atoms with Crippen molar-refractivity contribution in [3.8, 4) is 0 Å². The van der Waals surface area contributed by atoms with Crippen LogP contribution in [-0.2, 0) is 9.84 Å². The first-order chi connectivity index (χ1) is 9.50.